The smallest absolute Gasteiger partial charge is 0.320 e. The second kappa shape index (κ2) is 9.30. The van der Waals surface area contributed by atoms with E-state index in [4.69, 9.17) is 10.8 Å². The minimum atomic E-state index is -0.993. The largest absolute Gasteiger partial charge is 0.480 e. The number of carbonyl (C=O) groups is 2. The minimum absolute atomic E-state index is 0.00703. The molecule has 0 spiro atoms. The summed E-state index contributed by atoms with van der Waals surface area (Å²) in [6.45, 7) is 4.07. The molecule has 1 atom stereocenters. The van der Waals surface area contributed by atoms with E-state index in [-0.39, 0.29) is 11.9 Å². The second-order valence-electron chi connectivity index (χ2n) is 3.87. The molecule has 0 bridgehead atoms. The van der Waals surface area contributed by atoms with Gasteiger partial charge in [0.05, 0.1) is 5.75 Å². The van der Waals surface area contributed by atoms with Crippen molar-refractivity contribution >= 4 is 23.6 Å². The lowest BCUT2D eigenvalue weighted by Crippen LogP contribution is -2.35. The molecule has 0 heterocycles. The van der Waals surface area contributed by atoms with Crippen molar-refractivity contribution in [2.75, 3.05) is 11.5 Å². The van der Waals surface area contributed by atoms with Crippen molar-refractivity contribution in [1.82, 2.24) is 5.32 Å². The Bertz CT molecular complexity index is 245. The summed E-state index contributed by atoms with van der Waals surface area (Å²) >= 11 is 1.41. The number of carboxylic acids is 1. The van der Waals surface area contributed by atoms with Gasteiger partial charge in [0.15, 0.2) is 0 Å². The van der Waals surface area contributed by atoms with Gasteiger partial charge >= 0.3 is 5.97 Å². The average Bonchev–Trinajstić information content (AvgIpc) is 2.31. The summed E-state index contributed by atoms with van der Waals surface area (Å²) in [5.74, 6) is -0.0354. The van der Waals surface area contributed by atoms with Crippen LogP contribution >= 0.6 is 11.8 Å². The molecule has 0 aromatic carbocycles. The van der Waals surface area contributed by atoms with Gasteiger partial charge in [0.2, 0.25) is 5.91 Å². The van der Waals surface area contributed by atoms with Crippen LogP contribution in [-0.2, 0) is 9.59 Å². The van der Waals surface area contributed by atoms with E-state index in [1.165, 1.54) is 11.8 Å². The van der Waals surface area contributed by atoms with E-state index in [0.717, 1.165) is 12.8 Å². The number of nitrogens with two attached hydrogens (primary N) is 1. The Labute approximate surface area is 107 Å². The van der Waals surface area contributed by atoms with Gasteiger partial charge in [-0.05, 0) is 25.0 Å². The monoisotopic (exact) mass is 262 g/mol. The van der Waals surface area contributed by atoms with Crippen molar-refractivity contribution in [2.45, 2.75) is 45.2 Å². The van der Waals surface area contributed by atoms with E-state index in [2.05, 4.69) is 5.32 Å². The molecule has 1 amide bonds. The number of aliphatic carboxylic acids is 1. The number of carboxylic acid groups (broad SMARTS) is 1. The molecule has 4 N–H and O–H groups in total. The minimum Gasteiger partial charge on any atom is -0.480 e. The van der Waals surface area contributed by atoms with Gasteiger partial charge < -0.3 is 16.2 Å². The first kappa shape index (κ1) is 16.2. The van der Waals surface area contributed by atoms with E-state index in [0.29, 0.717) is 17.9 Å². The van der Waals surface area contributed by atoms with Crippen molar-refractivity contribution in [3.05, 3.63) is 0 Å². The number of hydrogen-bond acceptors (Lipinski definition) is 4. The Balaban J connectivity index is 3.61. The van der Waals surface area contributed by atoms with Crippen LogP contribution in [0.4, 0.5) is 0 Å². The van der Waals surface area contributed by atoms with Crippen LogP contribution in [0, 0.1) is 0 Å². The predicted molar refractivity (Wildman–Crippen MR) is 70.1 cm³/mol. The molecule has 0 radical (unpaired) electrons. The van der Waals surface area contributed by atoms with Gasteiger partial charge in [0.25, 0.3) is 0 Å². The van der Waals surface area contributed by atoms with Gasteiger partial charge in [0.1, 0.15) is 6.04 Å². The summed E-state index contributed by atoms with van der Waals surface area (Å²) in [6.07, 6.45) is 2.24. The summed E-state index contributed by atoms with van der Waals surface area (Å²) in [5, 5.41) is 11.5. The van der Waals surface area contributed by atoms with Gasteiger partial charge in [-0.2, -0.15) is 11.8 Å². The normalized spacial score (nSPS) is 12.5. The zero-order valence-corrected chi connectivity index (χ0v) is 11.3. The fourth-order valence-electron chi connectivity index (χ4n) is 1.26. The van der Waals surface area contributed by atoms with Crippen molar-refractivity contribution in [3.63, 3.8) is 0 Å². The fourth-order valence-corrected chi connectivity index (χ4v) is 2.09. The van der Waals surface area contributed by atoms with Crippen LogP contribution < -0.4 is 11.1 Å². The molecular weight excluding hydrogens is 240 g/mol. The van der Waals surface area contributed by atoms with Gasteiger partial charge in [0, 0.05) is 6.04 Å². The summed E-state index contributed by atoms with van der Waals surface area (Å²) in [6, 6.07) is -0.589. The number of rotatable bonds is 9. The Morgan fingerprint density at radius 3 is 2.41 bits per heavy atom. The molecule has 0 fully saturated rings. The van der Waals surface area contributed by atoms with Crippen LogP contribution in [0.25, 0.3) is 0 Å². The van der Waals surface area contributed by atoms with Gasteiger partial charge in [-0.25, -0.2) is 0 Å². The lowest BCUT2D eigenvalue weighted by molar-refractivity contribution is -0.138. The lowest BCUT2D eigenvalue weighted by Gasteiger charge is -2.14. The number of thioether (sulfide) groups is 1. The molecule has 0 aromatic heterocycles. The number of carbonyl (C=O) groups excluding carboxylic acids is 1. The second-order valence-corrected chi connectivity index (χ2v) is 4.97. The third kappa shape index (κ3) is 8.04. The van der Waals surface area contributed by atoms with Crippen LogP contribution in [0.2, 0.25) is 0 Å². The lowest BCUT2D eigenvalue weighted by atomic mass is 10.2. The highest BCUT2D eigenvalue weighted by Crippen LogP contribution is 2.05. The fraction of sp³-hybridized carbons (Fsp3) is 0.818. The maximum Gasteiger partial charge on any atom is 0.320 e. The van der Waals surface area contributed by atoms with Crippen LogP contribution in [0.5, 0.6) is 0 Å². The summed E-state index contributed by atoms with van der Waals surface area (Å²) in [5.41, 5.74) is 5.34. The molecule has 17 heavy (non-hydrogen) atoms. The van der Waals surface area contributed by atoms with E-state index in [1.54, 1.807) is 0 Å². The van der Waals surface area contributed by atoms with Crippen LogP contribution in [0.15, 0.2) is 0 Å². The molecule has 0 aliphatic carbocycles. The maximum atomic E-state index is 11.5. The summed E-state index contributed by atoms with van der Waals surface area (Å²) in [4.78, 5) is 21.9. The molecule has 6 heteroatoms. The zero-order valence-electron chi connectivity index (χ0n) is 10.4. The van der Waals surface area contributed by atoms with Crippen molar-refractivity contribution in [3.8, 4) is 0 Å². The van der Waals surface area contributed by atoms with E-state index in [1.807, 2.05) is 13.8 Å². The Hall–Kier alpha value is -0.750. The first-order valence-corrected chi connectivity index (χ1v) is 7.02. The Morgan fingerprint density at radius 1 is 1.35 bits per heavy atom. The van der Waals surface area contributed by atoms with Crippen LogP contribution in [0.3, 0.4) is 0 Å². The molecule has 0 aliphatic rings. The van der Waals surface area contributed by atoms with E-state index >= 15 is 0 Å². The quantitative estimate of drug-likeness (QED) is 0.535. The van der Waals surface area contributed by atoms with E-state index in [9.17, 15) is 9.59 Å². The topological polar surface area (TPSA) is 92.4 Å². The molecule has 5 nitrogen and oxygen atoms in total. The van der Waals surface area contributed by atoms with Gasteiger partial charge in [-0.1, -0.05) is 13.8 Å². The maximum absolute atomic E-state index is 11.5. The van der Waals surface area contributed by atoms with Crippen molar-refractivity contribution in [1.29, 1.82) is 0 Å². The van der Waals surface area contributed by atoms with E-state index < -0.39 is 12.0 Å². The Kier molecular flexibility index (Phi) is 8.89. The molecule has 0 saturated carbocycles. The van der Waals surface area contributed by atoms with Crippen LogP contribution in [0.1, 0.15) is 33.1 Å². The van der Waals surface area contributed by atoms with Crippen molar-refractivity contribution in [2.24, 2.45) is 5.73 Å². The predicted octanol–water partition coefficient (Wildman–Crippen LogP) is 0.826. The third-order valence-corrected chi connectivity index (χ3v) is 3.46. The molecule has 0 saturated heterocycles. The number of nitrogens with one attached hydrogen (secondary N) is 1. The first-order chi connectivity index (χ1) is 8.01. The first-order valence-electron chi connectivity index (χ1n) is 5.86. The highest BCUT2D eigenvalue weighted by atomic mass is 32.2. The zero-order chi connectivity index (χ0) is 13.3. The average molecular weight is 262 g/mol. The number of amides is 1. The van der Waals surface area contributed by atoms with Crippen molar-refractivity contribution < 1.29 is 14.7 Å². The van der Waals surface area contributed by atoms with Crippen LogP contribution in [-0.4, -0.2) is 40.6 Å². The molecular formula is C11H22N2O3S. The highest BCUT2D eigenvalue weighted by molar-refractivity contribution is 7.99. The SMILES string of the molecule is CCC(CC)NC(=O)CSCCC(N)C(=O)O. The molecule has 0 aliphatic heterocycles. The molecule has 0 aromatic rings. The van der Waals surface area contributed by atoms with Gasteiger partial charge in [-0.15, -0.1) is 0 Å². The summed E-state index contributed by atoms with van der Waals surface area (Å²) < 4.78 is 0. The summed E-state index contributed by atoms with van der Waals surface area (Å²) in [7, 11) is 0. The standard InChI is InChI=1S/C11H22N2O3S/c1-3-8(4-2)13-10(14)7-17-6-5-9(12)11(15)16/h8-9H,3-7,12H2,1-2H3,(H,13,14)(H,15,16). The highest BCUT2D eigenvalue weighted by Gasteiger charge is 2.12. The molecule has 100 valence electrons. The Morgan fingerprint density at radius 2 is 1.94 bits per heavy atom. The van der Waals surface area contributed by atoms with Gasteiger partial charge in [-0.3, -0.25) is 9.59 Å². The molecule has 1 unspecified atom stereocenters. The third-order valence-electron chi connectivity index (χ3n) is 2.47. The number of hydrogen-bond donors (Lipinski definition) is 3. The molecule has 0 rings (SSSR count).